The fourth-order valence-electron chi connectivity index (χ4n) is 4.83. The number of pyridine rings is 1. The molecule has 2 aliphatic heterocycles. The van der Waals surface area contributed by atoms with Gasteiger partial charge < -0.3 is 30.1 Å². The second kappa shape index (κ2) is 11.7. The number of anilines is 1. The molecule has 0 radical (unpaired) electrons. The van der Waals surface area contributed by atoms with Gasteiger partial charge in [0.05, 0.1) is 25.5 Å². The monoisotopic (exact) mass is 532 g/mol. The van der Waals surface area contributed by atoms with Crippen LogP contribution in [0.15, 0.2) is 48.8 Å². The van der Waals surface area contributed by atoms with Gasteiger partial charge in [-0.15, -0.1) is 0 Å². The van der Waals surface area contributed by atoms with E-state index in [4.69, 9.17) is 9.47 Å². The van der Waals surface area contributed by atoms with Gasteiger partial charge in [-0.05, 0) is 49.1 Å². The minimum Gasteiger partial charge on any atom is -0.481 e. The molecule has 0 aliphatic carbocycles. The lowest BCUT2D eigenvalue weighted by Gasteiger charge is -2.26. The number of ether oxygens (including phenoxy) is 2. The minimum atomic E-state index is -0.750. The predicted molar refractivity (Wildman–Crippen MR) is 143 cm³/mol. The van der Waals surface area contributed by atoms with Crippen molar-refractivity contribution >= 4 is 17.8 Å². The number of aliphatic hydroxyl groups is 1. The number of nitrogens with one attached hydrogen (secondary N) is 2. The van der Waals surface area contributed by atoms with E-state index in [1.54, 1.807) is 31.5 Å². The molecule has 2 atom stereocenters. The third-order valence-corrected chi connectivity index (χ3v) is 7.16. The highest BCUT2D eigenvalue weighted by atomic mass is 16.5. The first kappa shape index (κ1) is 26.5. The van der Waals surface area contributed by atoms with E-state index in [2.05, 4.69) is 25.6 Å². The molecule has 1 saturated heterocycles. The maximum Gasteiger partial charge on any atom is 0.255 e. The van der Waals surface area contributed by atoms with Crippen LogP contribution in [0.1, 0.15) is 47.3 Å². The van der Waals surface area contributed by atoms with Crippen LogP contribution < -0.4 is 15.4 Å². The van der Waals surface area contributed by atoms with E-state index < -0.39 is 12.1 Å². The fourth-order valence-corrected chi connectivity index (χ4v) is 4.83. The number of rotatable bonds is 9. The topological polar surface area (TPSA) is 139 Å². The average molecular weight is 533 g/mol. The average Bonchev–Trinajstić information content (AvgIpc) is 3.31. The Bertz CT molecular complexity index is 1350. The molecular formula is C28H32N6O5. The molecule has 11 nitrogen and oxygen atoms in total. The van der Waals surface area contributed by atoms with Gasteiger partial charge in [-0.2, -0.15) is 0 Å². The van der Waals surface area contributed by atoms with E-state index in [1.165, 1.54) is 12.0 Å². The molecule has 11 heteroatoms. The van der Waals surface area contributed by atoms with Crippen molar-refractivity contribution in [1.82, 2.24) is 25.2 Å². The Morgan fingerprint density at radius 3 is 2.74 bits per heavy atom. The first-order valence-corrected chi connectivity index (χ1v) is 13.0. The number of carbonyl (C=O) groups excluding carboxylic acids is 2. The molecule has 4 heterocycles. The highest BCUT2D eigenvalue weighted by Gasteiger charge is 2.35. The van der Waals surface area contributed by atoms with Crippen molar-refractivity contribution in [2.24, 2.45) is 0 Å². The molecule has 3 N–H and O–H groups in total. The summed E-state index contributed by atoms with van der Waals surface area (Å²) in [5.41, 5.74) is 3.54. The van der Waals surface area contributed by atoms with Crippen molar-refractivity contribution < 1.29 is 24.2 Å². The smallest absolute Gasteiger partial charge is 0.255 e. The summed E-state index contributed by atoms with van der Waals surface area (Å²) < 4.78 is 10.6. The quantitative estimate of drug-likeness (QED) is 0.379. The Labute approximate surface area is 226 Å². The van der Waals surface area contributed by atoms with Gasteiger partial charge >= 0.3 is 0 Å². The Kier molecular flexibility index (Phi) is 7.99. The summed E-state index contributed by atoms with van der Waals surface area (Å²) in [6, 6.07) is 9.68. The summed E-state index contributed by atoms with van der Waals surface area (Å²) >= 11 is 0. The normalized spacial score (nSPS) is 16.9. The predicted octanol–water partition coefficient (Wildman–Crippen LogP) is 2.33. The van der Waals surface area contributed by atoms with Crippen LogP contribution in [0.3, 0.4) is 0 Å². The molecule has 2 aliphatic rings. The second-order valence-corrected chi connectivity index (χ2v) is 9.65. The van der Waals surface area contributed by atoms with Crippen LogP contribution in [0.25, 0.3) is 11.3 Å². The van der Waals surface area contributed by atoms with Crippen molar-refractivity contribution in [3.8, 4) is 17.1 Å². The summed E-state index contributed by atoms with van der Waals surface area (Å²) in [7, 11) is 1.50. The molecule has 204 valence electrons. The van der Waals surface area contributed by atoms with Crippen LogP contribution in [0.2, 0.25) is 0 Å². The lowest BCUT2D eigenvalue weighted by molar-refractivity contribution is -0.126. The second-order valence-electron chi connectivity index (χ2n) is 9.65. The maximum absolute atomic E-state index is 13.4. The molecule has 39 heavy (non-hydrogen) atoms. The SMILES string of the molecule is COc1cc(C(CO)NC(=O)C(C)N2Cc3ccc(-c4ccnc(NC5CCOCC5)n4)cc3C2=O)ccn1. The van der Waals surface area contributed by atoms with Crippen LogP contribution in [0.5, 0.6) is 5.88 Å². The van der Waals surface area contributed by atoms with Gasteiger partial charge in [0.1, 0.15) is 6.04 Å². The number of hydrogen-bond acceptors (Lipinski definition) is 9. The number of aromatic nitrogens is 3. The molecule has 3 aromatic rings. The Morgan fingerprint density at radius 1 is 1.18 bits per heavy atom. The molecule has 0 bridgehead atoms. The molecule has 2 amide bonds. The number of hydrogen-bond donors (Lipinski definition) is 3. The molecule has 0 saturated carbocycles. The van der Waals surface area contributed by atoms with Crippen LogP contribution >= 0.6 is 0 Å². The van der Waals surface area contributed by atoms with Gasteiger partial charge in [-0.25, -0.2) is 15.0 Å². The van der Waals surface area contributed by atoms with Crippen molar-refractivity contribution in [1.29, 1.82) is 0 Å². The van der Waals surface area contributed by atoms with E-state index in [-0.39, 0.29) is 24.5 Å². The van der Waals surface area contributed by atoms with E-state index in [0.29, 0.717) is 35.2 Å². The van der Waals surface area contributed by atoms with Crippen LogP contribution in [-0.2, 0) is 16.1 Å². The van der Waals surface area contributed by atoms with Crippen LogP contribution in [0.4, 0.5) is 5.95 Å². The van der Waals surface area contributed by atoms with Gasteiger partial charge in [-0.1, -0.05) is 12.1 Å². The summed E-state index contributed by atoms with van der Waals surface area (Å²) in [6.07, 6.45) is 5.05. The zero-order chi connectivity index (χ0) is 27.4. The zero-order valence-corrected chi connectivity index (χ0v) is 22.0. The largest absolute Gasteiger partial charge is 0.481 e. The highest BCUT2D eigenvalue weighted by Crippen LogP contribution is 2.30. The Balaban J connectivity index is 1.28. The number of nitrogens with zero attached hydrogens (tertiary/aromatic N) is 4. The number of fused-ring (bicyclic) bond motifs is 1. The number of methoxy groups -OCH3 is 1. The number of amides is 2. The van der Waals surface area contributed by atoms with E-state index in [0.717, 1.165) is 37.2 Å². The molecule has 5 rings (SSSR count). The minimum absolute atomic E-state index is 0.227. The van der Waals surface area contributed by atoms with Crippen LogP contribution in [-0.4, -0.2) is 75.8 Å². The van der Waals surface area contributed by atoms with E-state index in [1.807, 2.05) is 24.3 Å². The number of benzene rings is 1. The molecular weight excluding hydrogens is 500 g/mol. The van der Waals surface area contributed by atoms with Gasteiger partial charge in [0.2, 0.25) is 17.7 Å². The van der Waals surface area contributed by atoms with Crippen LogP contribution in [0, 0.1) is 0 Å². The lowest BCUT2D eigenvalue weighted by atomic mass is 10.0. The van der Waals surface area contributed by atoms with Gasteiger partial charge in [-0.3, -0.25) is 9.59 Å². The lowest BCUT2D eigenvalue weighted by Crippen LogP contribution is -2.46. The van der Waals surface area contributed by atoms with Gasteiger partial charge in [0, 0.05) is 55.4 Å². The van der Waals surface area contributed by atoms with Crippen molar-refractivity contribution in [3.63, 3.8) is 0 Å². The third kappa shape index (κ3) is 5.84. The number of carbonyl (C=O) groups is 2. The molecule has 2 aromatic heterocycles. The van der Waals surface area contributed by atoms with Crippen molar-refractivity contribution in [2.75, 3.05) is 32.2 Å². The van der Waals surface area contributed by atoms with Gasteiger partial charge in [0.15, 0.2) is 0 Å². The first-order chi connectivity index (χ1) is 19.0. The summed E-state index contributed by atoms with van der Waals surface area (Å²) in [5.74, 6) is 0.328. The summed E-state index contributed by atoms with van der Waals surface area (Å²) in [5, 5.41) is 16.1. The van der Waals surface area contributed by atoms with Gasteiger partial charge in [0.25, 0.3) is 5.91 Å². The number of aliphatic hydroxyl groups excluding tert-OH is 1. The van der Waals surface area contributed by atoms with E-state index in [9.17, 15) is 14.7 Å². The molecule has 2 unspecified atom stereocenters. The summed E-state index contributed by atoms with van der Waals surface area (Å²) in [4.78, 5) is 41.1. The highest BCUT2D eigenvalue weighted by molar-refractivity contribution is 6.02. The zero-order valence-electron chi connectivity index (χ0n) is 22.0. The molecule has 0 spiro atoms. The molecule has 1 aromatic carbocycles. The van der Waals surface area contributed by atoms with Crippen molar-refractivity contribution in [2.45, 2.75) is 44.4 Å². The Morgan fingerprint density at radius 2 is 1.97 bits per heavy atom. The van der Waals surface area contributed by atoms with E-state index >= 15 is 0 Å². The summed E-state index contributed by atoms with van der Waals surface area (Å²) in [6.45, 7) is 3.12. The van der Waals surface area contributed by atoms with Crippen molar-refractivity contribution in [3.05, 3.63) is 65.5 Å². The Hall–Kier alpha value is -4.09. The fraction of sp³-hybridized carbons (Fsp3) is 0.393. The molecule has 1 fully saturated rings. The standard InChI is InChI=1S/C28H32N6O5/c1-17(26(36)32-24(16-35)19-5-9-29-25(14-19)38-2)34-15-20-4-3-18(13-22(20)27(34)37)23-6-10-30-28(33-23)31-21-7-11-39-12-8-21/h3-6,9-10,13-14,17,21,24,35H,7-8,11-12,15-16H2,1-2H3,(H,32,36)(H,30,31,33). The maximum atomic E-state index is 13.4. The third-order valence-electron chi connectivity index (χ3n) is 7.16. The first-order valence-electron chi connectivity index (χ1n) is 13.0.